The maximum Gasteiger partial charge on any atom is 0.165 e. The fourth-order valence-corrected chi connectivity index (χ4v) is 5.03. The van der Waals surface area contributed by atoms with Crippen LogP contribution >= 0.6 is 11.6 Å². The van der Waals surface area contributed by atoms with Crippen LogP contribution in [0.25, 0.3) is 10.4 Å². The second-order valence-corrected chi connectivity index (χ2v) is 8.36. The molecular weight excluding hydrogens is 412 g/mol. The van der Waals surface area contributed by atoms with Gasteiger partial charge in [0.05, 0.1) is 19.3 Å². The van der Waals surface area contributed by atoms with E-state index in [1.54, 1.807) is 0 Å². The van der Waals surface area contributed by atoms with E-state index in [9.17, 15) is 4.39 Å². The predicted molar refractivity (Wildman–Crippen MR) is 110 cm³/mol. The Hall–Kier alpha value is -2.34. The van der Waals surface area contributed by atoms with Crippen LogP contribution in [0.4, 0.5) is 8.78 Å². The van der Waals surface area contributed by atoms with Crippen LogP contribution in [0, 0.1) is 17.6 Å². The Bertz CT molecular complexity index is 966. The Balaban J connectivity index is 1.67. The standard InChI is InChI=1S/C22H22ClF2N3O2/c23-16-3-1-14(2-4-16)12-22-8-7-17(29-10-9-27-28-26)11-15(22)13-30-21-19(25)6-5-18(24)20(21)22/h1-6,15,17H,7-13H2/t15-,17-,22+/m1/s1. The summed E-state index contributed by atoms with van der Waals surface area (Å²) in [6.07, 6.45) is 2.54. The van der Waals surface area contributed by atoms with Crippen molar-refractivity contribution >= 4 is 11.6 Å². The largest absolute Gasteiger partial charge is 0.490 e. The van der Waals surface area contributed by atoms with Crippen LogP contribution in [-0.4, -0.2) is 25.9 Å². The average Bonchev–Trinajstić information content (AvgIpc) is 2.75. The third kappa shape index (κ3) is 3.97. The highest BCUT2D eigenvalue weighted by Gasteiger charge is 2.51. The summed E-state index contributed by atoms with van der Waals surface area (Å²) in [6, 6.07) is 9.80. The van der Waals surface area contributed by atoms with Crippen LogP contribution < -0.4 is 4.74 Å². The minimum Gasteiger partial charge on any atom is -0.490 e. The molecule has 1 aliphatic carbocycles. The van der Waals surface area contributed by atoms with Crippen molar-refractivity contribution in [1.29, 1.82) is 0 Å². The van der Waals surface area contributed by atoms with Gasteiger partial charge in [0, 0.05) is 33.4 Å². The monoisotopic (exact) mass is 433 g/mol. The fraction of sp³-hybridized carbons (Fsp3) is 0.455. The number of hydrogen-bond donors (Lipinski definition) is 0. The Morgan fingerprint density at radius 2 is 1.97 bits per heavy atom. The first-order chi connectivity index (χ1) is 14.5. The van der Waals surface area contributed by atoms with Crippen LogP contribution in [-0.2, 0) is 16.6 Å². The molecule has 0 N–H and O–H groups in total. The van der Waals surface area contributed by atoms with E-state index in [0.717, 1.165) is 11.6 Å². The second-order valence-electron chi connectivity index (χ2n) is 7.92. The van der Waals surface area contributed by atoms with E-state index in [4.69, 9.17) is 26.6 Å². The zero-order valence-electron chi connectivity index (χ0n) is 16.4. The molecule has 2 aromatic rings. The van der Waals surface area contributed by atoms with Gasteiger partial charge in [0.1, 0.15) is 5.82 Å². The molecule has 1 saturated carbocycles. The summed E-state index contributed by atoms with van der Waals surface area (Å²) < 4.78 is 41.2. The Morgan fingerprint density at radius 3 is 2.73 bits per heavy atom. The molecule has 0 aromatic heterocycles. The minimum absolute atomic E-state index is 0.0305. The lowest BCUT2D eigenvalue weighted by atomic mass is 9.58. The Labute approximate surface area is 178 Å². The summed E-state index contributed by atoms with van der Waals surface area (Å²) in [5.41, 5.74) is 9.17. The lowest BCUT2D eigenvalue weighted by Gasteiger charge is -2.50. The molecule has 0 spiro atoms. The minimum atomic E-state index is -0.585. The molecule has 5 nitrogen and oxygen atoms in total. The maximum absolute atomic E-state index is 15.1. The fourth-order valence-electron chi connectivity index (χ4n) is 4.91. The topological polar surface area (TPSA) is 67.2 Å². The number of halogens is 3. The van der Waals surface area contributed by atoms with Gasteiger partial charge < -0.3 is 9.47 Å². The molecule has 1 fully saturated rings. The second kappa shape index (κ2) is 8.80. The van der Waals surface area contributed by atoms with Crippen molar-refractivity contribution in [2.24, 2.45) is 11.0 Å². The van der Waals surface area contributed by atoms with E-state index in [2.05, 4.69) is 10.0 Å². The summed E-state index contributed by atoms with van der Waals surface area (Å²) in [7, 11) is 0. The van der Waals surface area contributed by atoms with Crippen LogP contribution in [0.2, 0.25) is 5.02 Å². The number of benzene rings is 2. The molecule has 2 aromatic carbocycles. The molecule has 8 heteroatoms. The van der Waals surface area contributed by atoms with Gasteiger partial charge in [-0.3, -0.25) is 0 Å². The lowest BCUT2D eigenvalue weighted by Crippen LogP contribution is -2.50. The first kappa shape index (κ1) is 20.9. The van der Waals surface area contributed by atoms with Crippen molar-refractivity contribution in [1.82, 2.24) is 0 Å². The lowest BCUT2D eigenvalue weighted by molar-refractivity contribution is -0.0311. The third-order valence-electron chi connectivity index (χ3n) is 6.27. The van der Waals surface area contributed by atoms with Crippen molar-refractivity contribution in [3.8, 4) is 5.75 Å². The van der Waals surface area contributed by atoms with Gasteiger partial charge in [-0.15, -0.1) is 0 Å². The molecule has 1 aliphatic heterocycles. The summed E-state index contributed by atoms with van der Waals surface area (Å²) in [6.45, 7) is 0.913. The third-order valence-corrected chi connectivity index (χ3v) is 6.52. The summed E-state index contributed by atoms with van der Waals surface area (Å²) in [5, 5.41) is 4.13. The molecule has 0 amide bonds. The Morgan fingerprint density at radius 1 is 1.20 bits per heavy atom. The first-order valence-electron chi connectivity index (χ1n) is 10.0. The normalized spacial score (nSPS) is 24.9. The van der Waals surface area contributed by atoms with Crippen LogP contribution in [0.5, 0.6) is 5.75 Å². The van der Waals surface area contributed by atoms with Gasteiger partial charge in [-0.2, -0.15) is 0 Å². The highest BCUT2D eigenvalue weighted by molar-refractivity contribution is 6.30. The number of fused-ring (bicyclic) bond motifs is 3. The molecule has 2 aliphatic rings. The average molecular weight is 434 g/mol. The predicted octanol–water partition coefficient (Wildman–Crippen LogP) is 5.99. The molecule has 0 bridgehead atoms. The number of ether oxygens (including phenoxy) is 2. The zero-order valence-corrected chi connectivity index (χ0v) is 17.1. The number of nitrogens with zero attached hydrogens (tertiary/aromatic N) is 3. The Kier molecular flexibility index (Phi) is 6.14. The number of rotatable bonds is 6. The molecule has 0 radical (unpaired) electrons. The van der Waals surface area contributed by atoms with E-state index in [1.165, 1.54) is 6.07 Å². The van der Waals surface area contributed by atoms with Crippen LogP contribution in [0.3, 0.4) is 0 Å². The van der Waals surface area contributed by atoms with E-state index in [1.807, 2.05) is 24.3 Å². The van der Waals surface area contributed by atoms with Gasteiger partial charge in [-0.25, -0.2) is 8.78 Å². The van der Waals surface area contributed by atoms with E-state index in [-0.39, 0.29) is 24.3 Å². The van der Waals surface area contributed by atoms with Gasteiger partial charge >= 0.3 is 0 Å². The molecule has 4 rings (SSSR count). The number of hydrogen-bond acceptors (Lipinski definition) is 3. The quantitative estimate of drug-likeness (QED) is 0.243. The first-order valence-corrected chi connectivity index (χ1v) is 10.4. The highest BCUT2D eigenvalue weighted by Crippen LogP contribution is 2.53. The van der Waals surface area contributed by atoms with Gasteiger partial charge in [0.15, 0.2) is 11.6 Å². The number of azide groups is 1. The van der Waals surface area contributed by atoms with Crippen LogP contribution in [0.15, 0.2) is 41.5 Å². The van der Waals surface area contributed by atoms with E-state index >= 15 is 4.39 Å². The smallest absolute Gasteiger partial charge is 0.165 e. The summed E-state index contributed by atoms with van der Waals surface area (Å²) in [4.78, 5) is 2.73. The van der Waals surface area contributed by atoms with Crippen molar-refractivity contribution in [3.63, 3.8) is 0 Å². The SMILES string of the molecule is [N-]=[N+]=NCCO[C@@H]1CC[C@@]2(Cc3ccc(Cl)cc3)c3c(F)ccc(F)c3OC[C@H]2C1. The van der Waals surface area contributed by atoms with Crippen LogP contribution in [0.1, 0.15) is 30.4 Å². The van der Waals surface area contributed by atoms with Gasteiger partial charge in [-0.1, -0.05) is 28.8 Å². The molecule has 3 atom stereocenters. The molecule has 1 heterocycles. The molecule has 0 unspecified atom stereocenters. The van der Waals surface area contributed by atoms with E-state index in [0.29, 0.717) is 49.5 Å². The van der Waals surface area contributed by atoms with Crippen molar-refractivity contribution < 1.29 is 18.3 Å². The van der Waals surface area contributed by atoms with Gasteiger partial charge in [-0.05, 0) is 61.0 Å². The van der Waals surface area contributed by atoms with E-state index < -0.39 is 17.0 Å². The molecular formula is C22H22ClF2N3O2. The molecule has 30 heavy (non-hydrogen) atoms. The zero-order chi connectivity index (χ0) is 21.1. The van der Waals surface area contributed by atoms with Crippen molar-refractivity contribution in [3.05, 3.63) is 74.6 Å². The van der Waals surface area contributed by atoms with Crippen molar-refractivity contribution in [2.45, 2.75) is 37.2 Å². The molecule has 0 saturated heterocycles. The van der Waals surface area contributed by atoms with Gasteiger partial charge in [0.25, 0.3) is 0 Å². The molecule has 158 valence electrons. The highest BCUT2D eigenvalue weighted by atomic mass is 35.5. The maximum atomic E-state index is 15.1. The van der Waals surface area contributed by atoms with Crippen molar-refractivity contribution in [2.75, 3.05) is 19.8 Å². The summed E-state index contributed by atoms with van der Waals surface area (Å²) in [5.74, 6) is -0.973. The van der Waals surface area contributed by atoms with Gasteiger partial charge in [0.2, 0.25) is 0 Å². The summed E-state index contributed by atoms with van der Waals surface area (Å²) >= 11 is 6.03.